The summed E-state index contributed by atoms with van der Waals surface area (Å²) in [6.07, 6.45) is 0. The van der Waals surface area contributed by atoms with E-state index < -0.39 is 11.5 Å². The van der Waals surface area contributed by atoms with Crippen LogP contribution >= 0.6 is 11.6 Å². The Morgan fingerprint density at radius 1 is 1.38 bits per heavy atom. The Morgan fingerprint density at radius 2 is 2.06 bits per heavy atom. The van der Waals surface area contributed by atoms with E-state index in [9.17, 15) is 14.4 Å². The first-order valence-electron chi connectivity index (χ1n) is 4.30. The Kier molecular flexibility index (Phi) is 4.07. The summed E-state index contributed by atoms with van der Waals surface area (Å²) in [6.45, 7) is 1.30. The molecule has 0 saturated heterocycles. The highest BCUT2D eigenvalue weighted by Gasteiger charge is 2.06. The van der Waals surface area contributed by atoms with Gasteiger partial charge < -0.3 is 9.73 Å². The third kappa shape index (κ3) is 3.74. The van der Waals surface area contributed by atoms with Gasteiger partial charge in [0.15, 0.2) is 0 Å². The van der Waals surface area contributed by atoms with Crippen LogP contribution in [0.5, 0.6) is 0 Å². The molecule has 1 aromatic rings. The molecule has 0 fully saturated rings. The predicted octanol–water partition coefficient (Wildman–Crippen LogP) is 0.775. The van der Waals surface area contributed by atoms with Gasteiger partial charge in [0.2, 0.25) is 17.7 Å². The third-order valence-corrected chi connectivity index (χ3v) is 1.72. The number of anilines is 2. The third-order valence-electron chi connectivity index (χ3n) is 1.47. The van der Waals surface area contributed by atoms with Crippen LogP contribution in [0.15, 0.2) is 21.3 Å². The van der Waals surface area contributed by atoms with Crippen molar-refractivity contribution >= 4 is 35.0 Å². The molecule has 0 radical (unpaired) electrons. The van der Waals surface area contributed by atoms with Crippen LogP contribution in [0.4, 0.5) is 11.6 Å². The maximum Gasteiger partial charge on any atom is 0.339 e. The van der Waals surface area contributed by atoms with E-state index in [1.54, 1.807) is 0 Å². The number of hydrogen-bond acceptors (Lipinski definition) is 4. The fourth-order valence-corrected chi connectivity index (χ4v) is 1.05. The van der Waals surface area contributed by atoms with Gasteiger partial charge in [0.25, 0.3) is 0 Å². The van der Waals surface area contributed by atoms with Gasteiger partial charge >= 0.3 is 5.63 Å². The molecule has 0 unspecified atom stereocenters. The van der Waals surface area contributed by atoms with Crippen LogP contribution in [0.1, 0.15) is 6.92 Å². The molecule has 0 atom stereocenters. The van der Waals surface area contributed by atoms with E-state index in [4.69, 9.17) is 11.6 Å². The van der Waals surface area contributed by atoms with Crippen molar-refractivity contribution in [3.8, 4) is 0 Å². The van der Waals surface area contributed by atoms with Gasteiger partial charge in [0, 0.05) is 19.1 Å². The van der Waals surface area contributed by atoms with E-state index in [2.05, 4.69) is 15.1 Å². The molecule has 1 aromatic heterocycles. The molecule has 2 amide bonds. The highest BCUT2D eigenvalue weighted by atomic mass is 35.5. The molecule has 86 valence electrons. The number of amides is 2. The van der Waals surface area contributed by atoms with Crippen molar-refractivity contribution in [3.05, 3.63) is 22.6 Å². The molecule has 2 N–H and O–H groups in total. The zero-order chi connectivity index (χ0) is 12.1. The van der Waals surface area contributed by atoms with Gasteiger partial charge in [0.1, 0.15) is 5.88 Å². The van der Waals surface area contributed by atoms with Crippen molar-refractivity contribution in [2.24, 2.45) is 0 Å². The Labute approximate surface area is 95.6 Å². The number of nitrogens with one attached hydrogen (secondary N) is 2. The first-order valence-corrected chi connectivity index (χ1v) is 4.83. The fraction of sp³-hybridized carbons (Fsp3) is 0.222. The molecule has 7 heteroatoms. The summed E-state index contributed by atoms with van der Waals surface area (Å²) in [7, 11) is 0. The quantitative estimate of drug-likeness (QED) is 0.769. The van der Waals surface area contributed by atoms with Gasteiger partial charge in [-0.15, -0.1) is 11.6 Å². The zero-order valence-corrected chi connectivity index (χ0v) is 9.13. The summed E-state index contributed by atoms with van der Waals surface area (Å²) in [5, 5.41) is 4.65. The molecular formula is C9H9ClN2O4. The van der Waals surface area contributed by atoms with Gasteiger partial charge in [-0.3, -0.25) is 14.9 Å². The Bertz CT molecular complexity index is 469. The van der Waals surface area contributed by atoms with Crippen LogP contribution in [0.25, 0.3) is 0 Å². The number of alkyl halides is 1. The second kappa shape index (κ2) is 5.32. The lowest BCUT2D eigenvalue weighted by molar-refractivity contribution is -0.114. The molecule has 0 aliphatic rings. The van der Waals surface area contributed by atoms with Crippen LogP contribution in [0.3, 0.4) is 0 Å². The van der Waals surface area contributed by atoms with Crippen molar-refractivity contribution in [2.75, 3.05) is 16.5 Å². The lowest BCUT2D eigenvalue weighted by Gasteiger charge is -2.04. The van der Waals surface area contributed by atoms with E-state index >= 15 is 0 Å². The monoisotopic (exact) mass is 244 g/mol. The first-order chi connectivity index (χ1) is 7.51. The van der Waals surface area contributed by atoms with Gasteiger partial charge in [-0.1, -0.05) is 0 Å². The smallest absolute Gasteiger partial charge is 0.339 e. The number of halogens is 1. The largest absolute Gasteiger partial charge is 0.406 e. The normalized spacial score (nSPS) is 9.62. The lowest BCUT2D eigenvalue weighted by atomic mass is 10.4. The van der Waals surface area contributed by atoms with E-state index in [1.165, 1.54) is 13.0 Å². The molecule has 0 aliphatic heterocycles. The van der Waals surface area contributed by atoms with E-state index in [1.807, 2.05) is 0 Å². The van der Waals surface area contributed by atoms with E-state index in [0.717, 1.165) is 6.07 Å². The summed E-state index contributed by atoms with van der Waals surface area (Å²) in [6, 6.07) is 2.41. The average Bonchev–Trinajstić information content (AvgIpc) is 2.15. The van der Waals surface area contributed by atoms with Crippen molar-refractivity contribution in [1.82, 2.24) is 0 Å². The van der Waals surface area contributed by atoms with Crippen molar-refractivity contribution in [3.63, 3.8) is 0 Å². The van der Waals surface area contributed by atoms with Crippen molar-refractivity contribution < 1.29 is 14.0 Å². The fourth-order valence-electron chi connectivity index (χ4n) is 0.985. The minimum atomic E-state index is -0.684. The Hall–Kier alpha value is -1.82. The Balaban J connectivity index is 2.94. The number of hydrogen-bond donors (Lipinski definition) is 2. The standard InChI is InChI=1S/C9H9ClN2O4/c1-5(13)11-6-2-8(12-7(14)4-10)16-9(15)3-6/h2-3H,4H2,1H3,(H,11,13)(H,12,14). The predicted molar refractivity (Wildman–Crippen MR) is 58.6 cm³/mol. The maximum atomic E-state index is 11.1. The van der Waals surface area contributed by atoms with Crippen molar-refractivity contribution in [2.45, 2.75) is 6.92 Å². The lowest BCUT2D eigenvalue weighted by Crippen LogP contribution is -2.15. The molecular weight excluding hydrogens is 236 g/mol. The molecule has 0 spiro atoms. The molecule has 6 nitrogen and oxygen atoms in total. The molecule has 1 heterocycles. The SMILES string of the molecule is CC(=O)Nc1cc(NC(=O)CCl)oc(=O)c1. The zero-order valence-electron chi connectivity index (χ0n) is 8.37. The van der Waals surface area contributed by atoms with E-state index in [-0.39, 0.29) is 23.4 Å². The minimum Gasteiger partial charge on any atom is -0.406 e. The second-order valence-electron chi connectivity index (χ2n) is 2.89. The number of carbonyl (C=O) groups excluding carboxylic acids is 2. The van der Waals surface area contributed by atoms with Gasteiger partial charge in [-0.05, 0) is 0 Å². The summed E-state index contributed by atoms with van der Waals surface area (Å²) >= 11 is 5.26. The highest BCUT2D eigenvalue weighted by molar-refractivity contribution is 6.28. The van der Waals surface area contributed by atoms with Gasteiger partial charge in [0.05, 0.1) is 5.69 Å². The van der Waals surface area contributed by atoms with Crippen LogP contribution in [-0.4, -0.2) is 17.7 Å². The van der Waals surface area contributed by atoms with E-state index in [0.29, 0.717) is 0 Å². The molecule has 0 bridgehead atoms. The average molecular weight is 245 g/mol. The topological polar surface area (TPSA) is 88.4 Å². The number of carbonyl (C=O) groups is 2. The number of rotatable bonds is 3. The van der Waals surface area contributed by atoms with Crippen LogP contribution in [-0.2, 0) is 9.59 Å². The molecule has 0 aromatic carbocycles. The van der Waals surface area contributed by atoms with Crippen LogP contribution in [0, 0.1) is 0 Å². The van der Waals surface area contributed by atoms with Gasteiger partial charge in [-0.2, -0.15) is 0 Å². The highest BCUT2D eigenvalue weighted by Crippen LogP contribution is 2.11. The second-order valence-corrected chi connectivity index (χ2v) is 3.16. The van der Waals surface area contributed by atoms with Crippen LogP contribution in [0.2, 0.25) is 0 Å². The summed E-state index contributed by atoms with van der Waals surface area (Å²) in [5.74, 6) is -1.17. The summed E-state index contributed by atoms with van der Waals surface area (Å²) in [5.41, 5.74) is -0.440. The summed E-state index contributed by atoms with van der Waals surface area (Å²) < 4.78 is 4.67. The molecule has 0 saturated carbocycles. The van der Waals surface area contributed by atoms with Gasteiger partial charge in [-0.25, -0.2) is 4.79 Å². The Morgan fingerprint density at radius 3 is 2.62 bits per heavy atom. The molecule has 1 rings (SSSR count). The maximum absolute atomic E-state index is 11.1. The van der Waals surface area contributed by atoms with Crippen LogP contribution < -0.4 is 16.3 Å². The van der Waals surface area contributed by atoms with Crippen molar-refractivity contribution in [1.29, 1.82) is 0 Å². The summed E-state index contributed by atoms with van der Waals surface area (Å²) in [4.78, 5) is 32.8. The minimum absolute atomic E-state index is 0.0677. The molecule has 0 aliphatic carbocycles. The first kappa shape index (κ1) is 12.3. The molecule has 16 heavy (non-hydrogen) atoms.